The van der Waals surface area contributed by atoms with Crippen LogP contribution in [0.3, 0.4) is 0 Å². The number of hydrogen-bond acceptors (Lipinski definition) is 0. The van der Waals surface area contributed by atoms with Gasteiger partial charge < -0.3 is 0 Å². The van der Waals surface area contributed by atoms with Crippen molar-refractivity contribution in [2.75, 3.05) is 0 Å². The van der Waals surface area contributed by atoms with Gasteiger partial charge in [0.25, 0.3) is 0 Å². The minimum absolute atomic E-state index is 0.529. The highest BCUT2D eigenvalue weighted by molar-refractivity contribution is 9.09. The molecule has 0 bridgehead atoms. The highest BCUT2D eigenvalue weighted by Gasteiger charge is 2.00. The molecule has 0 spiro atoms. The minimum Gasteiger partial charge on any atom is -0.0985 e. The van der Waals surface area contributed by atoms with E-state index in [-0.39, 0.29) is 0 Å². The van der Waals surface area contributed by atoms with Crippen LogP contribution in [-0.2, 0) is 0 Å². The summed E-state index contributed by atoms with van der Waals surface area (Å²) in [7, 11) is 0. The Morgan fingerprint density at radius 1 is 1.78 bits per heavy atom. The average molecular weight is 185 g/mol. The van der Waals surface area contributed by atoms with Gasteiger partial charge >= 0.3 is 0 Å². The van der Waals surface area contributed by atoms with Crippen molar-refractivity contribution in [1.82, 2.24) is 0 Å². The quantitative estimate of drug-likeness (QED) is 0.551. The Kier molecular flexibility index (Phi) is 2.29. The number of hydrogen-bond donors (Lipinski definition) is 0. The van der Waals surface area contributed by atoms with Crippen LogP contribution < -0.4 is 0 Å². The van der Waals surface area contributed by atoms with Gasteiger partial charge in [0.1, 0.15) is 0 Å². The number of allylic oxidation sites excluding steroid dienone is 5. The fraction of sp³-hybridized carbons (Fsp3) is 0.250. The number of alkyl halides is 1. The largest absolute Gasteiger partial charge is 0.0985 e. The molecule has 0 aromatic heterocycles. The molecule has 0 heterocycles. The van der Waals surface area contributed by atoms with E-state index in [1.165, 1.54) is 5.57 Å². The Balaban J connectivity index is 2.62. The fourth-order valence-electron chi connectivity index (χ4n) is 0.762. The lowest BCUT2D eigenvalue weighted by atomic mass is 10.1. The molecule has 0 aliphatic heterocycles. The molecular formula is C8H9Br. The zero-order valence-electron chi connectivity index (χ0n) is 5.18. The maximum absolute atomic E-state index is 3.67. The van der Waals surface area contributed by atoms with Crippen molar-refractivity contribution in [3.8, 4) is 0 Å². The van der Waals surface area contributed by atoms with Gasteiger partial charge in [0, 0.05) is 4.83 Å². The molecule has 1 atom stereocenters. The van der Waals surface area contributed by atoms with Gasteiger partial charge in [0.05, 0.1) is 0 Å². The SMILES string of the molecule is C=CC1=CCC(Br)C=C1. The van der Waals surface area contributed by atoms with E-state index < -0.39 is 0 Å². The molecule has 0 aromatic carbocycles. The molecule has 9 heavy (non-hydrogen) atoms. The predicted molar refractivity (Wildman–Crippen MR) is 44.8 cm³/mol. The first-order chi connectivity index (χ1) is 4.33. The third-order valence-electron chi connectivity index (χ3n) is 1.31. The topological polar surface area (TPSA) is 0 Å². The second-order valence-corrected chi connectivity index (χ2v) is 3.20. The van der Waals surface area contributed by atoms with Crippen molar-refractivity contribution < 1.29 is 0 Å². The lowest BCUT2D eigenvalue weighted by Gasteiger charge is -2.05. The predicted octanol–water partition coefficient (Wildman–Crippen LogP) is 2.82. The molecule has 48 valence electrons. The van der Waals surface area contributed by atoms with Crippen LogP contribution in [0.1, 0.15) is 6.42 Å². The van der Waals surface area contributed by atoms with Crippen molar-refractivity contribution in [3.63, 3.8) is 0 Å². The Morgan fingerprint density at radius 2 is 2.56 bits per heavy atom. The molecule has 1 unspecified atom stereocenters. The summed E-state index contributed by atoms with van der Waals surface area (Å²) in [6.07, 6.45) is 9.34. The van der Waals surface area contributed by atoms with Crippen molar-refractivity contribution in [3.05, 3.63) is 36.5 Å². The maximum atomic E-state index is 3.67. The summed E-state index contributed by atoms with van der Waals surface area (Å²) in [5.74, 6) is 0. The third kappa shape index (κ3) is 1.83. The average Bonchev–Trinajstić information content (AvgIpc) is 1.90. The molecule has 0 aromatic rings. The molecule has 1 heteroatoms. The second-order valence-electron chi connectivity index (χ2n) is 2.02. The Bertz CT molecular complexity index is 165. The summed E-state index contributed by atoms with van der Waals surface area (Å²) in [5, 5.41) is 0. The van der Waals surface area contributed by atoms with E-state index in [1.54, 1.807) is 0 Å². The van der Waals surface area contributed by atoms with Crippen LogP contribution in [0.15, 0.2) is 36.5 Å². The van der Waals surface area contributed by atoms with Gasteiger partial charge in [0.15, 0.2) is 0 Å². The Labute approximate surface area is 64.1 Å². The van der Waals surface area contributed by atoms with Crippen molar-refractivity contribution in [2.45, 2.75) is 11.2 Å². The van der Waals surface area contributed by atoms with Crippen LogP contribution in [0.5, 0.6) is 0 Å². The summed E-state index contributed by atoms with van der Waals surface area (Å²) >= 11 is 3.48. The second kappa shape index (κ2) is 3.02. The molecule has 0 fully saturated rings. The molecule has 0 radical (unpaired) electrons. The van der Waals surface area contributed by atoms with Gasteiger partial charge in [-0.3, -0.25) is 0 Å². The van der Waals surface area contributed by atoms with Crippen LogP contribution in [-0.4, -0.2) is 4.83 Å². The molecule has 1 aliphatic rings. The molecule has 0 N–H and O–H groups in total. The van der Waals surface area contributed by atoms with Gasteiger partial charge in [0.2, 0.25) is 0 Å². The van der Waals surface area contributed by atoms with Gasteiger partial charge in [-0.25, -0.2) is 0 Å². The Hall–Kier alpha value is -0.300. The van der Waals surface area contributed by atoms with E-state index in [0.29, 0.717) is 4.83 Å². The van der Waals surface area contributed by atoms with Gasteiger partial charge in [-0.15, -0.1) is 0 Å². The molecule has 0 amide bonds. The lowest BCUT2D eigenvalue weighted by molar-refractivity contribution is 1.06. The maximum Gasteiger partial charge on any atom is 0.0363 e. The van der Waals surface area contributed by atoms with Crippen LogP contribution >= 0.6 is 15.9 Å². The van der Waals surface area contributed by atoms with E-state index in [0.717, 1.165) is 6.42 Å². The van der Waals surface area contributed by atoms with E-state index in [4.69, 9.17) is 0 Å². The van der Waals surface area contributed by atoms with E-state index in [9.17, 15) is 0 Å². The van der Waals surface area contributed by atoms with Crippen molar-refractivity contribution in [2.24, 2.45) is 0 Å². The zero-order chi connectivity index (χ0) is 6.69. The normalized spacial score (nSPS) is 25.4. The van der Waals surface area contributed by atoms with Gasteiger partial charge in [-0.1, -0.05) is 46.8 Å². The first kappa shape index (κ1) is 6.81. The zero-order valence-corrected chi connectivity index (χ0v) is 6.76. The van der Waals surface area contributed by atoms with E-state index >= 15 is 0 Å². The summed E-state index contributed by atoms with van der Waals surface area (Å²) in [4.78, 5) is 0.529. The van der Waals surface area contributed by atoms with Crippen LogP contribution in [0.4, 0.5) is 0 Å². The minimum atomic E-state index is 0.529. The molecule has 1 aliphatic carbocycles. The summed E-state index contributed by atoms with van der Waals surface area (Å²) in [5.41, 5.74) is 1.23. The molecule has 0 saturated heterocycles. The number of rotatable bonds is 1. The summed E-state index contributed by atoms with van der Waals surface area (Å²) in [6.45, 7) is 3.67. The summed E-state index contributed by atoms with van der Waals surface area (Å²) in [6, 6.07) is 0. The van der Waals surface area contributed by atoms with E-state index in [2.05, 4.69) is 40.7 Å². The van der Waals surface area contributed by atoms with Crippen molar-refractivity contribution >= 4 is 15.9 Å². The fourth-order valence-corrected chi connectivity index (χ4v) is 1.10. The van der Waals surface area contributed by atoms with Gasteiger partial charge in [-0.05, 0) is 12.0 Å². The summed E-state index contributed by atoms with van der Waals surface area (Å²) < 4.78 is 0. The first-order valence-electron chi connectivity index (χ1n) is 2.98. The monoisotopic (exact) mass is 184 g/mol. The van der Waals surface area contributed by atoms with E-state index in [1.807, 2.05) is 6.08 Å². The van der Waals surface area contributed by atoms with Crippen LogP contribution in [0, 0.1) is 0 Å². The molecular weight excluding hydrogens is 176 g/mol. The highest BCUT2D eigenvalue weighted by atomic mass is 79.9. The Morgan fingerprint density at radius 3 is 3.00 bits per heavy atom. The number of halogens is 1. The molecule has 0 saturated carbocycles. The standard InChI is InChI=1S/C8H9Br/c1-2-7-3-5-8(9)6-4-7/h2-5,8H,1,6H2. The molecule has 1 rings (SSSR count). The lowest BCUT2D eigenvalue weighted by Crippen LogP contribution is -1.94. The smallest absolute Gasteiger partial charge is 0.0363 e. The van der Waals surface area contributed by atoms with Crippen LogP contribution in [0.2, 0.25) is 0 Å². The third-order valence-corrected chi connectivity index (χ3v) is 1.99. The molecule has 0 nitrogen and oxygen atoms in total. The first-order valence-corrected chi connectivity index (χ1v) is 3.89. The van der Waals surface area contributed by atoms with Crippen molar-refractivity contribution in [1.29, 1.82) is 0 Å². The van der Waals surface area contributed by atoms with Gasteiger partial charge in [-0.2, -0.15) is 0 Å². The highest BCUT2D eigenvalue weighted by Crippen LogP contribution is 2.16. The van der Waals surface area contributed by atoms with Crippen LogP contribution in [0.25, 0.3) is 0 Å².